The maximum absolute atomic E-state index is 8.42. The largest absolute Gasteiger partial charge is 0.381 e. The predicted octanol–water partition coefficient (Wildman–Crippen LogP) is 1.66. The van der Waals surface area contributed by atoms with E-state index < -0.39 is 0 Å². The summed E-state index contributed by atoms with van der Waals surface area (Å²) in [6, 6.07) is 2.03. The molecule has 10 heavy (non-hydrogen) atoms. The zero-order valence-corrected chi connectivity index (χ0v) is 6.29. The Morgan fingerprint density at radius 3 is 2.80 bits per heavy atom. The minimum absolute atomic E-state index is 0.555. The van der Waals surface area contributed by atoms with Crippen LogP contribution >= 0.6 is 0 Å². The Labute approximate surface area is 61.4 Å². The van der Waals surface area contributed by atoms with Crippen molar-refractivity contribution in [3.8, 4) is 6.07 Å². The summed E-state index contributed by atoms with van der Waals surface area (Å²) in [4.78, 5) is 0. The summed E-state index contributed by atoms with van der Waals surface area (Å²) >= 11 is 0. The van der Waals surface area contributed by atoms with Crippen LogP contribution in [0.4, 0.5) is 0 Å². The van der Waals surface area contributed by atoms with Gasteiger partial charge in [-0.3, -0.25) is 0 Å². The lowest BCUT2D eigenvalue weighted by Crippen LogP contribution is -1.80. The topological polar surface area (TPSA) is 33.0 Å². The fourth-order valence-corrected chi connectivity index (χ4v) is 0.469. The molecule has 0 unspecified atom stereocenters. The third kappa shape index (κ3) is 3.88. The molecule has 0 radical (unpaired) electrons. The highest BCUT2D eigenvalue weighted by molar-refractivity contribution is 5.31. The minimum atomic E-state index is 0.555. The first-order valence-corrected chi connectivity index (χ1v) is 3.07. The molecular formula is C8H11NO. The number of nitrogens with zero attached hydrogens (tertiary/aromatic N) is 1. The van der Waals surface area contributed by atoms with Crippen LogP contribution in [-0.4, -0.2) is 13.7 Å². The van der Waals surface area contributed by atoms with Gasteiger partial charge in [0.1, 0.15) is 0 Å². The molecule has 54 valence electrons. The van der Waals surface area contributed by atoms with Crippen molar-refractivity contribution < 1.29 is 4.74 Å². The number of ether oxygens (including phenoxy) is 1. The first-order chi connectivity index (χ1) is 4.85. The van der Waals surface area contributed by atoms with Crippen molar-refractivity contribution in [3.05, 3.63) is 23.8 Å². The summed E-state index contributed by atoms with van der Waals surface area (Å²) < 4.78 is 4.76. The van der Waals surface area contributed by atoms with E-state index in [9.17, 15) is 0 Å². The van der Waals surface area contributed by atoms with Gasteiger partial charge < -0.3 is 4.74 Å². The molecule has 0 amide bonds. The van der Waals surface area contributed by atoms with E-state index >= 15 is 0 Å². The lowest BCUT2D eigenvalue weighted by molar-refractivity contribution is 0.234. The van der Waals surface area contributed by atoms with Crippen molar-refractivity contribution in [1.82, 2.24) is 0 Å². The normalized spacial score (nSPS) is 11.9. The van der Waals surface area contributed by atoms with Gasteiger partial charge in [-0.2, -0.15) is 5.26 Å². The second kappa shape index (κ2) is 6.06. The number of nitriles is 1. The Hall–Kier alpha value is -1.07. The number of rotatable bonds is 3. The van der Waals surface area contributed by atoms with Crippen LogP contribution in [0.3, 0.4) is 0 Å². The zero-order chi connectivity index (χ0) is 7.82. The van der Waals surface area contributed by atoms with Gasteiger partial charge in [-0.15, -0.1) is 0 Å². The first kappa shape index (κ1) is 8.93. The molecule has 2 heteroatoms. The summed E-state index contributed by atoms with van der Waals surface area (Å²) in [6.07, 6.45) is 5.30. The summed E-state index contributed by atoms with van der Waals surface area (Å²) in [5.41, 5.74) is 0.664. The second-order valence-corrected chi connectivity index (χ2v) is 1.71. The summed E-state index contributed by atoms with van der Waals surface area (Å²) in [5.74, 6) is 0. The molecule has 0 atom stereocenters. The molecule has 0 aliphatic heterocycles. The van der Waals surface area contributed by atoms with Gasteiger partial charge in [-0.25, -0.2) is 0 Å². The van der Waals surface area contributed by atoms with E-state index in [1.807, 2.05) is 13.0 Å². The molecule has 0 saturated heterocycles. The lowest BCUT2D eigenvalue weighted by atomic mass is 10.2. The van der Waals surface area contributed by atoms with Crippen LogP contribution in [-0.2, 0) is 4.74 Å². The molecule has 0 N–H and O–H groups in total. The van der Waals surface area contributed by atoms with Crippen molar-refractivity contribution in [3.63, 3.8) is 0 Å². The standard InChI is InChI=1S/C8H11NO/c1-3-8(7-9)5-4-6-10-2/h3-5H,6H2,1-2H3/b5-4-,8-3+. The second-order valence-electron chi connectivity index (χ2n) is 1.71. The number of methoxy groups -OCH3 is 1. The highest BCUT2D eigenvalue weighted by Gasteiger charge is 1.81. The van der Waals surface area contributed by atoms with E-state index in [0.29, 0.717) is 12.2 Å². The molecule has 0 aromatic rings. The van der Waals surface area contributed by atoms with Crippen molar-refractivity contribution >= 4 is 0 Å². The number of allylic oxidation sites excluding steroid dienone is 3. The van der Waals surface area contributed by atoms with Crippen LogP contribution in [0.1, 0.15) is 6.92 Å². The Balaban J connectivity index is 3.77. The minimum Gasteiger partial charge on any atom is -0.381 e. The highest BCUT2D eigenvalue weighted by Crippen LogP contribution is 1.92. The van der Waals surface area contributed by atoms with E-state index in [-0.39, 0.29) is 0 Å². The molecule has 0 aromatic heterocycles. The molecule has 0 fully saturated rings. The zero-order valence-electron chi connectivity index (χ0n) is 6.29. The third-order valence-electron chi connectivity index (χ3n) is 1.00. The lowest BCUT2D eigenvalue weighted by Gasteiger charge is -1.86. The molecule has 0 rings (SSSR count). The van der Waals surface area contributed by atoms with Gasteiger partial charge in [0.15, 0.2) is 0 Å². The van der Waals surface area contributed by atoms with Gasteiger partial charge in [-0.05, 0) is 13.0 Å². The molecule has 0 saturated carbocycles. The molecule has 0 aromatic carbocycles. The maximum atomic E-state index is 8.42. The smallest absolute Gasteiger partial charge is 0.0987 e. The number of hydrogen-bond acceptors (Lipinski definition) is 2. The highest BCUT2D eigenvalue weighted by atomic mass is 16.5. The van der Waals surface area contributed by atoms with E-state index in [2.05, 4.69) is 0 Å². The van der Waals surface area contributed by atoms with Crippen LogP contribution in [0.2, 0.25) is 0 Å². The summed E-state index contributed by atoms with van der Waals surface area (Å²) in [7, 11) is 1.62. The van der Waals surface area contributed by atoms with E-state index in [0.717, 1.165) is 0 Å². The van der Waals surface area contributed by atoms with E-state index in [1.54, 1.807) is 25.3 Å². The molecule has 0 aliphatic carbocycles. The Bertz CT molecular complexity index is 174. The summed E-state index contributed by atoms with van der Waals surface area (Å²) in [5, 5.41) is 8.42. The molecular weight excluding hydrogens is 126 g/mol. The van der Waals surface area contributed by atoms with Crippen LogP contribution in [0.25, 0.3) is 0 Å². The van der Waals surface area contributed by atoms with Crippen molar-refractivity contribution in [2.75, 3.05) is 13.7 Å². The van der Waals surface area contributed by atoms with Gasteiger partial charge in [0, 0.05) is 12.7 Å². The molecule has 0 spiro atoms. The van der Waals surface area contributed by atoms with Gasteiger partial charge in [0.25, 0.3) is 0 Å². The molecule has 2 nitrogen and oxygen atoms in total. The fraction of sp³-hybridized carbons (Fsp3) is 0.375. The summed E-state index contributed by atoms with van der Waals surface area (Å²) in [6.45, 7) is 2.38. The molecule has 0 bridgehead atoms. The third-order valence-corrected chi connectivity index (χ3v) is 1.00. The average molecular weight is 137 g/mol. The van der Waals surface area contributed by atoms with E-state index in [4.69, 9.17) is 10.00 Å². The van der Waals surface area contributed by atoms with Crippen molar-refractivity contribution in [2.45, 2.75) is 6.92 Å². The van der Waals surface area contributed by atoms with Gasteiger partial charge >= 0.3 is 0 Å². The van der Waals surface area contributed by atoms with Gasteiger partial charge in [-0.1, -0.05) is 12.2 Å². The van der Waals surface area contributed by atoms with Crippen molar-refractivity contribution in [1.29, 1.82) is 5.26 Å². The quantitative estimate of drug-likeness (QED) is 0.437. The number of hydrogen-bond donors (Lipinski definition) is 0. The van der Waals surface area contributed by atoms with Crippen LogP contribution in [0.15, 0.2) is 23.8 Å². The maximum Gasteiger partial charge on any atom is 0.0987 e. The monoisotopic (exact) mass is 137 g/mol. The average Bonchev–Trinajstić information content (AvgIpc) is 1.99. The van der Waals surface area contributed by atoms with Gasteiger partial charge in [0.2, 0.25) is 0 Å². The molecule has 0 heterocycles. The first-order valence-electron chi connectivity index (χ1n) is 3.07. The van der Waals surface area contributed by atoms with Crippen LogP contribution < -0.4 is 0 Å². The van der Waals surface area contributed by atoms with Crippen LogP contribution in [0.5, 0.6) is 0 Å². The van der Waals surface area contributed by atoms with Crippen LogP contribution in [0, 0.1) is 11.3 Å². The molecule has 0 aliphatic rings. The Kier molecular flexibility index (Phi) is 5.41. The van der Waals surface area contributed by atoms with Crippen molar-refractivity contribution in [2.24, 2.45) is 0 Å². The fourth-order valence-electron chi connectivity index (χ4n) is 0.469. The predicted molar refractivity (Wildman–Crippen MR) is 40.4 cm³/mol. The SMILES string of the molecule is C/C=C(C#N)\C=C/COC. The van der Waals surface area contributed by atoms with E-state index in [1.165, 1.54) is 0 Å². The Morgan fingerprint density at radius 1 is 1.70 bits per heavy atom. The Morgan fingerprint density at radius 2 is 2.40 bits per heavy atom. The van der Waals surface area contributed by atoms with Gasteiger partial charge in [0.05, 0.1) is 12.7 Å².